The standard InChI is InChI=1S/C8H6ClN3O/c1-5-2-6(4-10-3-5)7-11-8(9)12-13-7/h2-4H,1H3. The summed E-state index contributed by atoms with van der Waals surface area (Å²) in [7, 11) is 0. The molecule has 5 heteroatoms. The van der Waals surface area contributed by atoms with Gasteiger partial charge in [-0.25, -0.2) is 0 Å². The molecule has 0 saturated heterocycles. The van der Waals surface area contributed by atoms with Crippen LogP contribution in [-0.4, -0.2) is 15.1 Å². The lowest BCUT2D eigenvalue weighted by molar-refractivity contribution is 0.430. The zero-order chi connectivity index (χ0) is 9.26. The van der Waals surface area contributed by atoms with E-state index in [1.165, 1.54) is 0 Å². The molecule has 4 nitrogen and oxygen atoms in total. The van der Waals surface area contributed by atoms with E-state index in [4.69, 9.17) is 16.1 Å². The molecule has 2 heterocycles. The number of hydrogen-bond donors (Lipinski definition) is 0. The minimum absolute atomic E-state index is 0.108. The van der Waals surface area contributed by atoms with Gasteiger partial charge in [0, 0.05) is 12.4 Å². The topological polar surface area (TPSA) is 51.8 Å². The third-order valence-corrected chi connectivity index (χ3v) is 1.68. The van der Waals surface area contributed by atoms with Gasteiger partial charge in [-0.05, 0) is 35.3 Å². The molecule has 0 fully saturated rings. The number of rotatable bonds is 1. The SMILES string of the molecule is Cc1cncc(-c2nc(Cl)no2)c1. The summed E-state index contributed by atoms with van der Waals surface area (Å²) in [4.78, 5) is 7.87. The van der Waals surface area contributed by atoms with Crippen LogP contribution in [0, 0.1) is 6.92 Å². The van der Waals surface area contributed by atoms with Gasteiger partial charge >= 0.3 is 0 Å². The molecule has 0 unspecified atom stereocenters. The van der Waals surface area contributed by atoms with E-state index in [1.54, 1.807) is 12.4 Å². The highest BCUT2D eigenvalue weighted by Gasteiger charge is 2.06. The van der Waals surface area contributed by atoms with E-state index in [2.05, 4.69) is 15.1 Å². The van der Waals surface area contributed by atoms with Crippen LogP contribution in [0.15, 0.2) is 23.0 Å². The summed E-state index contributed by atoms with van der Waals surface area (Å²) in [5.74, 6) is 0.390. The van der Waals surface area contributed by atoms with Crippen molar-refractivity contribution in [2.75, 3.05) is 0 Å². The fraction of sp³-hybridized carbons (Fsp3) is 0.125. The van der Waals surface area contributed by atoms with Gasteiger partial charge in [0.05, 0.1) is 5.56 Å². The number of pyridine rings is 1. The van der Waals surface area contributed by atoms with Crippen LogP contribution in [0.4, 0.5) is 0 Å². The highest BCUT2D eigenvalue weighted by Crippen LogP contribution is 2.17. The third-order valence-electron chi connectivity index (χ3n) is 1.52. The first-order valence-corrected chi connectivity index (χ1v) is 4.05. The van der Waals surface area contributed by atoms with Crippen LogP contribution in [0.3, 0.4) is 0 Å². The van der Waals surface area contributed by atoms with Crippen molar-refractivity contribution in [2.24, 2.45) is 0 Å². The third kappa shape index (κ3) is 1.67. The van der Waals surface area contributed by atoms with Crippen molar-refractivity contribution in [3.8, 4) is 11.5 Å². The van der Waals surface area contributed by atoms with Crippen LogP contribution < -0.4 is 0 Å². The highest BCUT2D eigenvalue weighted by atomic mass is 35.5. The molecule has 2 aromatic rings. The number of nitrogens with zero attached hydrogens (tertiary/aromatic N) is 3. The van der Waals surface area contributed by atoms with Gasteiger partial charge < -0.3 is 4.52 Å². The molecule has 66 valence electrons. The predicted octanol–water partition coefficient (Wildman–Crippen LogP) is 2.09. The zero-order valence-electron chi connectivity index (χ0n) is 6.86. The Hall–Kier alpha value is -1.42. The number of aryl methyl sites for hydroxylation is 1. The van der Waals surface area contributed by atoms with Crippen molar-refractivity contribution < 1.29 is 4.52 Å². The van der Waals surface area contributed by atoms with Gasteiger partial charge in [0.15, 0.2) is 0 Å². The largest absolute Gasteiger partial charge is 0.333 e. The molecule has 0 N–H and O–H groups in total. The Labute approximate surface area is 79.6 Å². The molecule has 13 heavy (non-hydrogen) atoms. The maximum atomic E-state index is 5.51. The second kappa shape index (κ2) is 3.14. The van der Waals surface area contributed by atoms with Crippen molar-refractivity contribution in [1.82, 2.24) is 15.1 Å². The lowest BCUT2D eigenvalue weighted by Crippen LogP contribution is -1.81. The van der Waals surface area contributed by atoms with Gasteiger partial charge in [-0.15, -0.1) is 0 Å². The van der Waals surface area contributed by atoms with Gasteiger partial charge in [0.2, 0.25) is 0 Å². The zero-order valence-corrected chi connectivity index (χ0v) is 7.62. The summed E-state index contributed by atoms with van der Waals surface area (Å²) in [6, 6.07) is 1.90. The Morgan fingerprint density at radius 3 is 2.85 bits per heavy atom. The molecular formula is C8H6ClN3O. The second-order valence-electron chi connectivity index (χ2n) is 2.62. The quantitative estimate of drug-likeness (QED) is 0.699. The fourth-order valence-electron chi connectivity index (χ4n) is 0.995. The molecule has 2 rings (SSSR count). The Bertz CT molecular complexity index is 427. The number of halogens is 1. The molecular weight excluding hydrogens is 190 g/mol. The van der Waals surface area contributed by atoms with E-state index in [0.29, 0.717) is 5.89 Å². The minimum Gasteiger partial charge on any atom is -0.333 e. The van der Waals surface area contributed by atoms with Crippen molar-refractivity contribution in [1.29, 1.82) is 0 Å². The van der Waals surface area contributed by atoms with Crippen molar-refractivity contribution in [3.05, 3.63) is 29.3 Å². The summed E-state index contributed by atoms with van der Waals surface area (Å²) in [6.07, 6.45) is 3.40. The average Bonchev–Trinajstić information content (AvgIpc) is 2.52. The Morgan fingerprint density at radius 1 is 1.38 bits per heavy atom. The average molecular weight is 196 g/mol. The van der Waals surface area contributed by atoms with Gasteiger partial charge in [-0.1, -0.05) is 0 Å². The first-order chi connectivity index (χ1) is 6.25. The molecule has 0 saturated carbocycles. The fourth-order valence-corrected chi connectivity index (χ4v) is 1.11. The van der Waals surface area contributed by atoms with Crippen molar-refractivity contribution in [3.63, 3.8) is 0 Å². The summed E-state index contributed by atoms with van der Waals surface area (Å²) < 4.78 is 4.87. The smallest absolute Gasteiger partial charge is 0.264 e. The molecule has 0 spiro atoms. The van der Waals surface area contributed by atoms with E-state index in [0.717, 1.165) is 11.1 Å². The number of hydrogen-bond acceptors (Lipinski definition) is 4. The van der Waals surface area contributed by atoms with Crippen LogP contribution in [0.5, 0.6) is 0 Å². The predicted molar refractivity (Wildman–Crippen MR) is 47.3 cm³/mol. The Kier molecular flexibility index (Phi) is 1.98. The molecule has 0 aliphatic rings. The van der Waals surface area contributed by atoms with Crippen molar-refractivity contribution in [2.45, 2.75) is 6.92 Å². The van der Waals surface area contributed by atoms with E-state index >= 15 is 0 Å². The molecule has 0 aliphatic carbocycles. The van der Waals surface area contributed by atoms with Crippen LogP contribution in [0.2, 0.25) is 5.28 Å². The molecule has 0 radical (unpaired) electrons. The van der Waals surface area contributed by atoms with Crippen LogP contribution in [-0.2, 0) is 0 Å². The first kappa shape index (κ1) is 8.19. The van der Waals surface area contributed by atoms with Crippen LogP contribution >= 0.6 is 11.6 Å². The highest BCUT2D eigenvalue weighted by molar-refractivity contribution is 6.28. The lowest BCUT2D eigenvalue weighted by atomic mass is 10.2. The molecule has 0 aromatic carbocycles. The lowest BCUT2D eigenvalue weighted by Gasteiger charge is -1.93. The summed E-state index contributed by atoms with van der Waals surface area (Å²) >= 11 is 5.51. The summed E-state index contributed by atoms with van der Waals surface area (Å²) in [5, 5.41) is 3.58. The van der Waals surface area contributed by atoms with Gasteiger partial charge in [0.1, 0.15) is 0 Å². The molecule has 0 atom stereocenters. The maximum absolute atomic E-state index is 5.51. The molecule has 0 bridgehead atoms. The van der Waals surface area contributed by atoms with Crippen LogP contribution in [0.25, 0.3) is 11.5 Å². The second-order valence-corrected chi connectivity index (χ2v) is 2.96. The number of aromatic nitrogens is 3. The van der Waals surface area contributed by atoms with E-state index in [-0.39, 0.29) is 5.28 Å². The minimum atomic E-state index is 0.108. The Balaban J connectivity index is 2.46. The van der Waals surface area contributed by atoms with Gasteiger partial charge in [-0.3, -0.25) is 4.98 Å². The first-order valence-electron chi connectivity index (χ1n) is 3.67. The Morgan fingerprint density at radius 2 is 2.23 bits per heavy atom. The summed E-state index contributed by atoms with van der Waals surface area (Å²) in [5.41, 5.74) is 1.81. The molecule has 0 aliphatic heterocycles. The molecule has 0 amide bonds. The summed E-state index contributed by atoms with van der Waals surface area (Å²) in [6.45, 7) is 1.94. The van der Waals surface area contributed by atoms with E-state index in [9.17, 15) is 0 Å². The van der Waals surface area contributed by atoms with E-state index in [1.807, 2.05) is 13.0 Å². The van der Waals surface area contributed by atoms with Gasteiger partial charge in [0.25, 0.3) is 11.2 Å². The monoisotopic (exact) mass is 195 g/mol. The van der Waals surface area contributed by atoms with Crippen LogP contribution in [0.1, 0.15) is 5.56 Å². The van der Waals surface area contributed by atoms with Crippen molar-refractivity contribution >= 4 is 11.6 Å². The molecule has 2 aromatic heterocycles. The normalized spacial score (nSPS) is 10.3. The van der Waals surface area contributed by atoms with E-state index < -0.39 is 0 Å². The maximum Gasteiger partial charge on any atom is 0.264 e. The van der Waals surface area contributed by atoms with Gasteiger partial charge in [-0.2, -0.15) is 4.98 Å².